The molecular weight excluding hydrogens is 194 g/mol. The lowest BCUT2D eigenvalue weighted by molar-refractivity contribution is -0.123. The maximum atomic E-state index is 11.3. The summed E-state index contributed by atoms with van der Waals surface area (Å²) >= 11 is 0. The number of fused-ring (bicyclic) bond motifs is 1. The number of aromatic amines is 1. The molecule has 0 saturated heterocycles. The van der Waals surface area contributed by atoms with Gasteiger partial charge in [0.15, 0.2) is 0 Å². The van der Waals surface area contributed by atoms with Crippen molar-refractivity contribution in [2.45, 2.75) is 6.10 Å². The lowest BCUT2D eigenvalue weighted by Crippen LogP contribution is -2.05. The van der Waals surface area contributed by atoms with Crippen molar-refractivity contribution in [1.29, 1.82) is 0 Å². The molecule has 5 heteroatoms. The molecule has 0 saturated carbocycles. The number of carbonyl (C=O) groups is 1. The number of aromatic nitrogens is 1. The largest absolute Gasteiger partial charge is 0.361 e. The third-order valence-corrected chi connectivity index (χ3v) is 2.42. The van der Waals surface area contributed by atoms with Gasteiger partial charge in [-0.05, 0) is 6.07 Å². The maximum absolute atomic E-state index is 11.3. The van der Waals surface area contributed by atoms with E-state index in [0.29, 0.717) is 0 Å². The van der Waals surface area contributed by atoms with Gasteiger partial charge in [0.25, 0.3) is 0 Å². The van der Waals surface area contributed by atoms with E-state index in [4.69, 9.17) is 4.84 Å². The van der Waals surface area contributed by atoms with Gasteiger partial charge in [0.1, 0.15) is 0 Å². The molecule has 1 amide bonds. The highest BCUT2D eigenvalue weighted by atomic mass is 16.7. The third-order valence-electron chi connectivity index (χ3n) is 2.42. The van der Waals surface area contributed by atoms with Crippen LogP contribution in [-0.2, 0) is 9.63 Å². The molecule has 3 rings (SSSR count). The summed E-state index contributed by atoms with van der Waals surface area (Å²) in [6.45, 7) is 0. The number of para-hydroxylation sites is 1. The number of hydrogen-bond donors (Lipinski definition) is 1. The fourth-order valence-corrected chi connectivity index (χ4v) is 1.71. The van der Waals surface area contributed by atoms with E-state index >= 15 is 0 Å². The van der Waals surface area contributed by atoms with Crippen molar-refractivity contribution in [2.75, 3.05) is 0 Å². The van der Waals surface area contributed by atoms with E-state index in [0.717, 1.165) is 16.5 Å². The molecule has 15 heavy (non-hydrogen) atoms. The molecule has 2 aromatic rings. The summed E-state index contributed by atoms with van der Waals surface area (Å²) in [4.78, 5) is 19.3. The molecule has 0 radical (unpaired) electrons. The van der Waals surface area contributed by atoms with Gasteiger partial charge >= 0.3 is 5.91 Å². The Labute approximate surface area is 84.7 Å². The van der Waals surface area contributed by atoms with Crippen LogP contribution >= 0.6 is 0 Å². The van der Waals surface area contributed by atoms with Crippen LogP contribution in [0.25, 0.3) is 10.9 Å². The normalized spacial score (nSPS) is 19.7. The number of carbonyl (C=O) groups excluding carboxylic acids is 1. The highest BCUT2D eigenvalue weighted by molar-refractivity contribution is 5.91. The van der Waals surface area contributed by atoms with Crippen molar-refractivity contribution in [3.05, 3.63) is 36.0 Å². The molecule has 0 bridgehead atoms. The number of rotatable bonds is 1. The molecule has 74 valence electrons. The molecule has 1 aliphatic rings. The predicted molar refractivity (Wildman–Crippen MR) is 52.0 cm³/mol. The Morgan fingerprint density at radius 3 is 3.00 bits per heavy atom. The Hall–Kier alpha value is -2.17. The van der Waals surface area contributed by atoms with Crippen molar-refractivity contribution < 1.29 is 9.63 Å². The van der Waals surface area contributed by atoms with Crippen LogP contribution < -0.4 is 0 Å². The molecule has 2 heterocycles. The first-order valence-corrected chi connectivity index (χ1v) is 4.53. The van der Waals surface area contributed by atoms with E-state index in [2.05, 4.69) is 15.4 Å². The Kier molecular flexibility index (Phi) is 1.58. The van der Waals surface area contributed by atoms with Gasteiger partial charge in [0.2, 0.25) is 6.10 Å². The van der Waals surface area contributed by atoms with Crippen LogP contribution in [0.1, 0.15) is 11.7 Å². The summed E-state index contributed by atoms with van der Waals surface area (Å²) in [7, 11) is 0. The van der Waals surface area contributed by atoms with E-state index in [-0.39, 0.29) is 5.91 Å². The summed E-state index contributed by atoms with van der Waals surface area (Å²) < 4.78 is 0. The molecule has 1 aliphatic heterocycles. The second kappa shape index (κ2) is 2.91. The lowest BCUT2D eigenvalue weighted by atomic mass is 10.1. The maximum Gasteiger partial charge on any atom is 0.315 e. The number of benzene rings is 1. The van der Waals surface area contributed by atoms with Crippen molar-refractivity contribution in [3.63, 3.8) is 0 Å². The minimum absolute atomic E-state index is 0.361. The zero-order chi connectivity index (χ0) is 10.3. The van der Waals surface area contributed by atoms with Gasteiger partial charge in [-0.15, -0.1) is 0 Å². The SMILES string of the molecule is O=C1N=NOC1c1c[nH]c2ccccc12. The molecule has 1 aromatic heterocycles. The molecule has 0 aliphatic carbocycles. The molecule has 0 spiro atoms. The third kappa shape index (κ3) is 1.13. The first-order chi connectivity index (χ1) is 7.36. The number of nitrogens with zero attached hydrogens (tertiary/aromatic N) is 2. The summed E-state index contributed by atoms with van der Waals surface area (Å²) in [5, 5.41) is 7.56. The van der Waals surface area contributed by atoms with E-state index in [1.54, 1.807) is 6.20 Å². The standard InChI is InChI=1S/C10H7N3O2/c14-10-9(15-13-12-10)7-5-11-8-4-2-1-3-6(7)8/h1-5,9,11H. The molecule has 1 N–H and O–H groups in total. The zero-order valence-corrected chi connectivity index (χ0v) is 7.68. The number of hydrogen-bond acceptors (Lipinski definition) is 3. The summed E-state index contributed by atoms with van der Waals surface area (Å²) in [5.74, 6) is -0.361. The van der Waals surface area contributed by atoms with Crippen molar-refractivity contribution in [2.24, 2.45) is 10.4 Å². The highest BCUT2D eigenvalue weighted by Gasteiger charge is 2.29. The van der Waals surface area contributed by atoms with Gasteiger partial charge in [-0.2, -0.15) is 0 Å². The quantitative estimate of drug-likeness (QED) is 0.767. The molecule has 5 nitrogen and oxygen atoms in total. The second-order valence-electron chi connectivity index (χ2n) is 3.29. The van der Waals surface area contributed by atoms with Gasteiger partial charge < -0.3 is 9.82 Å². The molecular formula is C10H7N3O2. The van der Waals surface area contributed by atoms with Crippen LogP contribution in [0.2, 0.25) is 0 Å². The van der Waals surface area contributed by atoms with E-state index < -0.39 is 6.10 Å². The monoisotopic (exact) mass is 201 g/mol. The average molecular weight is 201 g/mol. The van der Waals surface area contributed by atoms with Crippen LogP contribution in [-0.4, -0.2) is 10.9 Å². The van der Waals surface area contributed by atoms with E-state index in [1.807, 2.05) is 24.3 Å². The van der Waals surface area contributed by atoms with Gasteiger partial charge in [-0.1, -0.05) is 23.3 Å². The van der Waals surface area contributed by atoms with Crippen molar-refractivity contribution >= 4 is 16.8 Å². The second-order valence-corrected chi connectivity index (χ2v) is 3.29. The van der Waals surface area contributed by atoms with Crippen molar-refractivity contribution in [3.8, 4) is 0 Å². The van der Waals surface area contributed by atoms with E-state index in [1.165, 1.54) is 0 Å². The van der Waals surface area contributed by atoms with Gasteiger partial charge in [-0.25, -0.2) is 0 Å². The van der Waals surface area contributed by atoms with E-state index in [9.17, 15) is 4.79 Å². The Balaban J connectivity index is 2.15. The Morgan fingerprint density at radius 1 is 1.33 bits per heavy atom. The minimum atomic E-state index is -0.693. The fourth-order valence-electron chi connectivity index (χ4n) is 1.71. The summed E-state index contributed by atoms with van der Waals surface area (Å²) in [6, 6.07) is 7.70. The summed E-state index contributed by atoms with van der Waals surface area (Å²) in [5.41, 5.74) is 1.75. The van der Waals surface area contributed by atoms with Gasteiger partial charge in [0.05, 0.1) is 0 Å². The Bertz CT molecular complexity index is 559. The number of nitrogens with one attached hydrogen (secondary N) is 1. The van der Waals surface area contributed by atoms with Crippen LogP contribution in [0, 0.1) is 0 Å². The Morgan fingerprint density at radius 2 is 2.20 bits per heavy atom. The van der Waals surface area contributed by atoms with Crippen LogP contribution in [0.5, 0.6) is 0 Å². The van der Waals surface area contributed by atoms with Gasteiger partial charge in [0, 0.05) is 27.9 Å². The zero-order valence-electron chi connectivity index (χ0n) is 7.68. The number of amides is 1. The summed E-state index contributed by atoms with van der Waals surface area (Å²) in [6.07, 6.45) is 1.06. The average Bonchev–Trinajstić information content (AvgIpc) is 2.83. The molecule has 1 unspecified atom stereocenters. The van der Waals surface area contributed by atoms with Crippen LogP contribution in [0.15, 0.2) is 40.9 Å². The lowest BCUT2D eigenvalue weighted by Gasteiger charge is -2.02. The fraction of sp³-hybridized carbons (Fsp3) is 0.100. The first kappa shape index (κ1) is 8.16. The minimum Gasteiger partial charge on any atom is -0.361 e. The van der Waals surface area contributed by atoms with Gasteiger partial charge in [-0.3, -0.25) is 4.79 Å². The number of H-pyrrole nitrogens is 1. The van der Waals surface area contributed by atoms with Crippen LogP contribution in [0.3, 0.4) is 0 Å². The van der Waals surface area contributed by atoms with Crippen LogP contribution in [0.4, 0.5) is 0 Å². The molecule has 1 atom stereocenters. The molecule has 1 aromatic carbocycles. The topological polar surface area (TPSA) is 66.8 Å². The molecule has 0 fully saturated rings. The first-order valence-electron chi connectivity index (χ1n) is 4.53. The highest BCUT2D eigenvalue weighted by Crippen LogP contribution is 2.30. The smallest absolute Gasteiger partial charge is 0.315 e. The predicted octanol–water partition coefficient (Wildman–Crippen LogP) is 2.13. The van der Waals surface area contributed by atoms with Crippen molar-refractivity contribution in [1.82, 2.24) is 4.98 Å².